The van der Waals surface area contributed by atoms with E-state index in [1.54, 1.807) is 0 Å². The van der Waals surface area contributed by atoms with E-state index in [1.165, 1.54) is 12.2 Å². The fourth-order valence-electron chi connectivity index (χ4n) is 1.44. The molecule has 0 aliphatic carbocycles. The van der Waals surface area contributed by atoms with Gasteiger partial charge < -0.3 is 20.3 Å². The SMILES string of the molecule is C=CCOC(=O)NN(CCCC[C@H](N)C(=O)O)C(=O)OCC=C. The first kappa shape index (κ1) is 20.5. The van der Waals surface area contributed by atoms with Gasteiger partial charge in [-0.1, -0.05) is 25.3 Å². The summed E-state index contributed by atoms with van der Waals surface area (Å²) in [7, 11) is 0. The largest absolute Gasteiger partial charge is 0.480 e. The highest BCUT2D eigenvalue weighted by atomic mass is 16.6. The van der Waals surface area contributed by atoms with Crippen molar-refractivity contribution in [2.75, 3.05) is 19.8 Å². The fourth-order valence-corrected chi connectivity index (χ4v) is 1.44. The number of rotatable bonds is 10. The second kappa shape index (κ2) is 12.0. The summed E-state index contributed by atoms with van der Waals surface area (Å²) in [5.41, 5.74) is 7.62. The summed E-state index contributed by atoms with van der Waals surface area (Å²) >= 11 is 0. The van der Waals surface area contributed by atoms with Gasteiger partial charge in [0.25, 0.3) is 0 Å². The molecule has 0 unspecified atom stereocenters. The Morgan fingerprint density at radius 3 is 2.35 bits per heavy atom. The number of carboxylic acid groups (broad SMARTS) is 1. The van der Waals surface area contributed by atoms with Gasteiger partial charge in [0.1, 0.15) is 19.3 Å². The van der Waals surface area contributed by atoms with Crippen LogP contribution >= 0.6 is 0 Å². The zero-order valence-corrected chi connectivity index (χ0v) is 12.9. The van der Waals surface area contributed by atoms with Crippen LogP contribution in [-0.2, 0) is 14.3 Å². The molecule has 0 spiro atoms. The first-order chi connectivity index (χ1) is 10.9. The lowest BCUT2D eigenvalue weighted by Crippen LogP contribution is -2.47. The van der Waals surface area contributed by atoms with Crippen LogP contribution in [0.15, 0.2) is 25.3 Å². The van der Waals surface area contributed by atoms with Crippen molar-refractivity contribution in [1.29, 1.82) is 0 Å². The van der Waals surface area contributed by atoms with E-state index in [0.29, 0.717) is 12.8 Å². The monoisotopic (exact) mass is 329 g/mol. The summed E-state index contributed by atoms with van der Waals surface area (Å²) < 4.78 is 9.55. The minimum absolute atomic E-state index is 0.00512. The van der Waals surface area contributed by atoms with Crippen LogP contribution in [0.5, 0.6) is 0 Å². The predicted molar refractivity (Wildman–Crippen MR) is 82.4 cm³/mol. The highest BCUT2D eigenvalue weighted by Gasteiger charge is 2.18. The second-order valence-corrected chi connectivity index (χ2v) is 4.46. The van der Waals surface area contributed by atoms with Gasteiger partial charge in [0.2, 0.25) is 0 Å². The first-order valence-electron chi connectivity index (χ1n) is 7.00. The zero-order chi connectivity index (χ0) is 17.7. The normalized spacial score (nSPS) is 11.0. The quantitative estimate of drug-likeness (QED) is 0.310. The predicted octanol–water partition coefficient (Wildman–Crippen LogP) is 1.02. The van der Waals surface area contributed by atoms with E-state index in [-0.39, 0.29) is 26.2 Å². The lowest BCUT2D eigenvalue weighted by molar-refractivity contribution is -0.138. The van der Waals surface area contributed by atoms with Gasteiger partial charge in [-0.25, -0.2) is 20.0 Å². The third-order valence-corrected chi connectivity index (χ3v) is 2.57. The van der Waals surface area contributed by atoms with Crippen LogP contribution < -0.4 is 11.2 Å². The Morgan fingerprint density at radius 1 is 1.17 bits per heavy atom. The molecule has 9 heteroatoms. The summed E-state index contributed by atoms with van der Waals surface area (Å²) in [5.74, 6) is -1.08. The molecule has 4 N–H and O–H groups in total. The van der Waals surface area contributed by atoms with Crippen LogP contribution in [0.1, 0.15) is 19.3 Å². The van der Waals surface area contributed by atoms with Crippen molar-refractivity contribution in [3.05, 3.63) is 25.3 Å². The molecule has 2 amide bonds. The van der Waals surface area contributed by atoms with Gasteiger partial charge in [0, 0.05) is 6.54 Å². The molecule has 0 saturated heterocycles. The van der Waals surface area contributed by atoms with Crippen molar-refractivity contribution in [2.24, 2.45) is 5.73 Å². The summed E-state index contributed by atoms with van der Waals surface area (Å²) in [6.07, 6.45) is 2.30. The van der Waals surface area contributed by atoms with Crippen molar-refractivity contribution >= 4 is 18.2 Å². The zero-order valence-electron chi connectivity index (χ0n) is 12.9. The molecule has 0 aromatic carbocycles. The Kier molecular flexibility index (Phi) is 10.7. The number of carboxylic acids is 1. The van der Waals surface area contributed by atoms with Crippen molar-refractivity contribution in [3.63, 3.8) is 0 Å². The highest BCUT2D eigenvalue weighted by molar-refractivity contribution is 5.74. The lowest BCUT2D eigenvalue weighted by Gasteiger charge is -2.22. The number of nitrogens with one attached hydrogen (secondary N) is 1. The molecule has 0 aliphatic heterocycles. The number of hydrogen-bond acceptors (Lipinski definition) is 6. The van der Waals surface area contributed by atoms with E-state index < -0.39 is 24.2 Å². The Hall–Kier alpha value is -2.55. The number of carbonyl (C=O) groups is 3. The number of unbranched alkanes of at least 4 members (excludes halogenated alkanes) is 1. The minimum atomic E-state index is -1.08. The van der Waals surface area contributed by atoms with Gasteiger partial charge in [-0.2, -0.15) is 0 Å². The Bertz CT molecular complexity index is 427. The second-order valence-electron chi connectivity index (χ2n) is 4.46. The Balaban J connectivity index is 4.38. The van der Waals surface area contributed by atoms with Crippen LogP contribution in [-0.4, -0.2) is 54.1 Å². The number of nitrogens with zero attached hydrogens (tertiary/aromatic N) is 1. The van der Waals surface area contributed by atoms with Crippen LogP contribution in [0.3, 0.4) is 0 Å². The summed E-state index contributed by atoms with van der Waals surface area (Å²) in [4.78, 5) is 33.9. The van der Waals surface area contributed by atoms with E-state index in [9.17, 15) is 14.4 Å². The Labute approximate surface area is 134 Å². The van der Waals surface area contributed by atoms with Gasteiger partial charge in [0.05, 0.1) is 0 Å². The average Bonchev–Trinajstić information content (AvgIpc) is 2.52. The number of amides is 2. The van der Waals surface area contributed by atoms with Gasteiger partial charge in [-0.15, -0.1) is 0 Å². The molecule has 9 nitrogen and oxygen atoms in total. The molecule has 23 heavy (non-hydrogen) atoms. The molecule has 0 fully saturated rings. The van der Waals surface area contributed by atoms with E-state index in [4.69, 9.17) is 20.3 Å². The molecular formula is C14H23N3O6. The van der Waals surface area contributed by atoms with Crippen LogP contribution in [0.2, 0.25) is 0 Å². The van der Waals surface area contributed by atoms with Gasteiger partial charge in [-0.3, -0.25) is 4.79 Å². The number of nitrogens with two attached hydrogens (primary N) is 1. The maximum Gasteiger partial charge on any atom is 0.429 e. The number of hydrazine groups is 1. The van der Waals surface area contributed by atoms with E-state index in [1.807, 2.05) is 0 Å². The van der Waals surface area contributed by atoms with Gasteiger partial charge in [0.15, 0.2) is 0 Å². The number of hydrogen-bond donors (Lipinski definition) is 3. The molecular weight excluding hydrogens is 306 g/mol. The molecule has 0 aliphatic rings. The minimum Gasteiger partial charge on any atom is -0.480 e. The highest BCUT2D eigenvalue weighted by Crippen LogP contribution is 2.02. The first-order valence-corrected chi connectivity index (χ1v) is 7.00. The smallest absolute Gasteiger partial charge is 0.429 e. The van der Waals surface area contributed by atoms with Gasteiger partial charge >= 0.3 is 18.2 Å². The van der Waals surface area contributed by atoms with Crippen molar-refractivity contribution in [1.82, 2.24) is 10.4 Å². The van der Waals surface area contributed by atoms with Gasteiger partial charge in [-0.05, 0) is 19.3 Å². The molecule has 130 valence electrons. The van der Waals surface area contributed by atoms with Crippen LogP contribution in [0.25, 0.3) is 0 Å². The molecule has 0 heterocycles. The number of ether oxygens (including phenoxy) is 2. The number of aliphatic carboxylic acids is 1. The van der Waals surface area contributed by atoms with E-state index >= 15 is 0 Å². The molecule has 1 atom stereocenters. The van der Waals surface area contributed by atoms with Crippen LogP contribution in [0, 0.1) is 0 Å². The maximum absolute atomic E-state index is 11.8. The third-order valence-electron chi connectivity index (χ3n) is 2.57. The summed E-state index contributed by atoms with van der Waals surface area (Å²) in [6, 6.07) is -0.957. The van der Waals surface area contributed by atoms with E-state index in [2.05, 4.69) is 18.6 Å². The Morgan fingerprint density at radius 2 is 1.78 bits per heavy atom. The molecule has 0 radical (unpaired) electrons. The molecule has 0 aromatic rings. The topological polar surface area (TPSA) is 131 Å². The van der Waals surface area contributed by atoms with Crippen molar-refractivity contribution < 1.29 is 29.0 Å². The fraction of sp³-hybridized carbons (Fsp3) is 0.500. The standard InChI is InChI=1S/C14H23N3O6/c1-3-9-22-13(20)16-17(14(21)23-10-4-2)8-6-5-7-11(15)12(18)19/h3-4,11H,1-2,5-10,15H2,(H,16,20)(H,18,19)/t11-/m0/s1. The van der Waals surface area contributed by atoms with Crippen LogP contribution in [0.4, 0.5) is 9.59 Å². The summed E-state index contributed by atoms with van der Waals surface area (Å²) in [5, 5.41) is 9.62. The number of carbonyl (C=O) groups excluding carboxylic acids is 2. The molecule has 0 bridgehead atoms. The summed E-state index contributed by atoms with van der Waals surface area (Å²) in [6.45, 7) is 6.91. The lowest BCUT2D eigenvalue weighted by atomic mass is 10.1. The van der Waals surface area contributed by atoms with Crippen molar-refractivity contribution in [3.8, 4) is 0 Å². The molecule has 0 rings (SSSR count). The van der Waals surface area contributed by atoms with Crippen molar-refractivity contribution in [2.45, 2.75) is 25.3 Å². The molecule has 0 saturated carbocycles. The maximum atomic E-state index is 11.8. The molecule has 0 aromatic heterocycles. The average molecular weight is 329 g/mol. The third kappa shape index (κ3) is 9.91. The van der Waals surface area contributed by atoms with E-state index in [0.717, 1.165) is 5.01 Å².